The van der Waals surface area contributed by atoms with Gasteiger partial charge in [-0.05, 0) is 31.6 Å². The zero-order valence-electron chi connectivity index (χ0n) is 20.2. The van der Waals surface area contributed by atoms with Crippen molar-refractivity contribution in [3.63, 3.8) is 0 Å². The zero-order valence-corrected chi connectivity index (χ0v) is 21.0. The van der Waals surface area contributed by atoms with E-state index in [4.69, 9.17) is 21.1 Å². The molecule has 1 atom stereocenters. The van der Waals surface area contributed by atoms with Gasteiger partial charge in [0.1, 0.15) is 17.3 Å². The van der Waals surface area contributed by atoms with E-state index >= 15 is 0 Å². The SMILES string of the molecule is CCN(CC)CCN1C(=O)C(=O)/C(=C(/O)c2cc(Cl)c(OC)cc2OC)C1c1cccc(C)c1. The van der Waals surface area contributed by atoms with Gasteiger partial charge in [-0.2, -0.15) is 0 Å². The van der Waals surface area contributed by atoms with Crippen molar-refractivity contribution >= 4 is 29.1 Å². The summed E-state index contributed by atoms with van der Waals surface area (Å²) in [4.78, 5) is 30.2. The molecule has 0 radical (unpaired) electrons. The van der Waals surface area contributed by atoms with E-state index in [0.29, 0.717) is 18.8 Å². The van der Waals surface area contributed by atoms with Gasteiger partial charge in [-0.25, -0.2) is 0 Å². The van der Waals surface area contributed by atoms with Crippen molar-refractivity contribution in [2.75, 3.05) is 40.4 Å². The van der Waals surface area contributed by atoms with Crippen LogP contribution in [0.3, 0.4) is 0 Å². The molecule has 3 rings (SSSR count). The van der Waals surface area contributed by atoms with Crippen molar-refractivity contribution in [1.82, 2.24) is 9.80 Å². The Morgan fingerprint density at radius 1 is 1.09 bits per heavy atom. The third-order valence-corrected chi connectivity index (χ3v) is 6.47. The number of nitrogens with zero attached hydrogens (tertiary/aromatic N) is 2. The molecule has 8 heteroatoms. The van der Waals surface area contributed by atoms with Gasteiger partial charge in [-0.15, -0.1) is 0 Å². The minimum Gasteiger partial charge on any atom is -0.507 e. The molecule has 1 saturated heterocycles. The predicted octanol–water partition coefficient (Wildman–Crippen LogP) is 4.43. The zero-order chi connectivity index (χ0) is 25.0. The summed E-state index contributed by atoms with van der Waals surface area (Å²) in [6, 6.07) is 9.88. The number of halogens is 1. The highest BCUT2D eigenvalue weighted by molar-refractivity contribution is 6.46. The first-order valence-corrected chi connectivity index (χ1v) is 11.6. The molecule has 7 nitrogen and oxygen atoms in total. The molecular weight excluding hydrogens is 456 g/mol. The van der Waals surface area contributed by atoms with Crippen molar-refractivity contribution in [3.8, 4) is 11.5 Å². The number of aryl methyl sites for hydroxylation is 1. The van der Waals surface area contributed by atoms with Crippen LogP contribution < -0.4 is 9.47 Å². The minimum absolute atomic E-state index is 0.00896. The Morgan fingerprint density at radius 3 is 2.35 bits per heavy atom. The number of likely N-dealkylation sites (tertiary alicyclic amines) is 1. The largest absolute Gasteiger partial charge is 0.507 e. The van der Waals surface area contributed by atoms with E-state index in [0.717, 1.165) is 24.2 Å². The Kier molecular flexibility index (Phi) is 8.23. The van der Waals surface area contributed by atoms with Crippen LogP contribution in [0.5, 0.6) is 11.5 Å². The van der Waals surface area contributed by atoms with Crippen LogP contribution in [0.1, 0.15) is 36.6 Å². The first kappa shape index (κ1) is 25.6. The van der Waals surface area contributed by atoms with Crippen molar-refractivity contribution in [3.05, 3.63) is 63.7 Å². The molecule has 0 saturated carbocycles. The molecule has 0 spiro atoms. The minimum atomic E-state index is -0.738. The number of rotatable bonds is 9. The van der Waals surface area contributed by atoms with E-state index in [1.807, 2.05) is 31.2 Å². The fourth-order valence-corrected chi connectivity index (χ4v) is 4.52. The van der Waals surface area contributed by atoms with E-state index in [-0.39, 0.29) is 27.7 Å². The summed E-state index contributed by atoms with van der Waals surface area (Å²) in [5.41, 5.74) is 1.96. The second-order valence-corrected chi connectivity index (χ2v) is 8.53. The van der Waals surface area contributed by atoms with Crippen molar-refractivity contribution in [1.29, 1.82) is 0 Å². The summed E-state index contributed by atoms with van der Waals surface area (Å²) in [5.74, 6) is -1.08. The van der Waals surface area contributed by atoms with Gasteiger partial charge < -0.3 is 24.4 Å². The topological polar surface area (TPSA) is 79.3 Å². The van der Waals surface area contributed by atoms with Crippen molar-refractivity contribution < 1.29 is 24.2 Å². The Morgan fingerprint density at radius 2 is 1.76 bits per heavy atom. The maximum absolute atomic E-state index is 13.3. The number of amides is 1. The Labute approximate surface area is 205 Å². The number of ether oxygens (including phenoxy) is 2. The van der Waals surface area contributed by atoms with Gasteiger partial charge in [0.2, 0.25) is 0 Å². The number of carbonyl (C=O) groups is 2. The number of methoxy groups -OCH3 is 2. The number of aliphatic hydroxyl groups is 1. The summed E-state index contributed by atoms with van der Waals surface area (Å²) in [7, 11) is 2.92. The number of hydrogen-bond donors (Lipinski definition) is 1. The third-order valence-electron chi connectivity index (χ3n) is 6.18. The molecule has 2 aromatic rings. The molecular formula is C26H31ClN2O5. The average Bonchev–Trinajstić information content (AvgIpc) is 3.09. The van der Waals surface area contributed by atoms with Crippen LogP contribution >= 0.6 is 11.6 Å². The van der Waals surface area contributed by atoms with Crippen LogP contribution in [0.15, 0.2) is 42.0 Å². The van der Waals surface area contributed by atoms with Crippen LogP contribution in [-0.2, 0) is 9.59 Å². The predicted molar refractivity (Wildman–Crippen MR) is 133 cm³/mol. The summed E-state index contributed by atoms with van der Waals surface area (Å²) in [6.45, 7) is 8.67. The molecule has 182 valence electrons. The van der Waals surface area contributed by atoms with E-state index in [1.165, 1.54) is 26.4 Å². The van der Waals surface area contributed by atoms with E-state index in [2.05, 4.69) is 18.7 Å². The van der Waals surface area contributed by atoms with Gasteiger partial charge in [0.25, 0.3) is 11.7 Å². The summed E-state index contributed by atoms with van der Waals surface area (Å²) in [6.07, 6.45) is 0. The molecule has 1 fully saturated rings. The number of ketones is 1. The molecule has 1 amide bonds. The fraction of sp³-hybridized carbons (Fsp3) is 0.385. The molecule has 1 aliphatic rings. The van der Waals surface area contributed by atoms with Gasteiger partial charge in [-0.3, -0.25) is 9.59 Å². The lowest BCUT2D eigenvalue weighted by atomic mass is 9.94. The Bertz CT molecular complexity index is 1110. The summed E-state index contributed by atoms with van der Waals surface area (Å²) in [5, 5.41) is 11.6. The van der Waals surface area contributed by atoms with Crippen LogP contribution in [-0.4, -0.2) is 67.0 Å². The smallest absolute Gasteiger partial charge is 0.295 e. The maximum atomic E-state index is 13.3. The highest BCUT2D eigenvalue weighted by Gasteiger charge is 2.46. The van der Waals surface area contributed by atoms with Gasteiger partial charge in [0, 0.05) is 19.2 Å². The number of Topliss-reactive ketones (excluding diaryl/α,β-unsaturated/α-hetero) is 1. The highest BCUT2D eigenvalue weighted by atomic mass is 35.5. The van der Waals surface area contributed by atoms with Crippen LogP contribution in [0.4, 0.5) is 0 Å². The highest BCUT2D eigenvalue weighted by Crippen LogP contribution is 2.43. The second kappa shape index (κ2) is 10.9. The molecule has 34 heavy (non-hydrogen) atoms. The van der Waals surface area contributed by atoms with E-state index in [9.17, 15) is 14.7 Å². The van der Waals surface area contributed by atoms with Gasteiger partial charge >= 0.3 is 0 Å². The summed E-state index contributed by atoms with van der Waals surface area (Å²) >= 11 is 6.31. The lowest BCUT2D eigenvalue weighted by molar-refractivity contribution is -0.140. The molecule has 1 unspecified atom stereocenters. The van der Waals surface area contributed by atoms with Crippen LogP contribution in [0.2, 0.25) is 5.02 Å². The molecule has 0 aromatic heterocycles. The molecule has 1 heterocycles. The van der Waals surface area contributed by atoms with Gasteiger partial charge in [-0.1, -0.05) is 55.3 Å². The lowest BCUT2D eigenvalue weighted by Crippen LogP contribution is -2.38. The number of aliphatic hydroxyl groups excluding tert-OH is 1. The Hall–Kier alpha value is -3.03. The third kappa shape index (κ3) is 4.91. The molecule has 2 aromatic carbocycles. The van der Waals surface area contributed by atoms with Crippen molar-refractivity contribution in [2.45, 2.75) is 26.8 Å². The van der Waals surface area contributed by atoms with E-state index in [1.54, 1.807) is 4.90 Å². The molecule has 1 aliphatic heterocycles. The van der Waals surface area contributed by atoms with Crippen LogP contribution in [0, 0.1) is 6.92 Å². The monoisotopic (exact) mass is 486 g/mol. The second-order valence-electron chi connectivity index (χ2n) is 8.12. The van der Waals surface area contributed by atoms with Gasteiger partial charge in [0.05, 0.1) is 36.4 Å². The average molecular weight is 487 g/mol. The normalized spacial score (nSPS) is 17.5. The number of benzene rings is 2. The number of carbonyl (C=O) groups excluding carboxylic acids is 2. The first-order valence-electron chi connectivity index (χ1n) is 11.3. The van der Waals surface area contributed by atoms with Crippen LogP contribution in [0.25, 0.3) is 5.76 Å². The number of hydrogen-bond acceptors (Lipinski definition) is 6. The molecule has 0 bridgehead atoms. The lowest BCUT2D eigenvalue weighted by Gasteiger charge is -2.28. The Balaban J connectivity index is 2.19. The quantitative estimate of drug-likeness (QED) is 0.321. The maximum Gasteiger partial charge on any atom is 0.295 e. The number of likely N-dealkylation sites (N-methyl/N-ethyl adjacent to an activating group) is 1. The summed E-state index contributed by atoms with van der Waals surface area (Å²) < 4.78 is 10.7. The van der Waals surface area contributed by atoms with E-state index < -0.39 is 17.7 Å². The molecule has 1 N–H and O–H groups in total. The first-order chi connectivity index (χ1) is 16.3. The van der Waals surface area contributed by atoms with Crippen molar-refractivity contribution in [2.24, 2.45) is 0 Å². The van der Waals surface area contributed by atoms with Gasteiger partial charge in [0.15, 0.2) is 0 Å². The molecule has 0 aliphatic carbocycles. The fourth-order valence-electron chi connectivity index (χ4n) is 4.28. The standard InChI is InChI=1S/C26H31ClN2O5/c1-6-28(7-2)11-12-29-23(17-10-8-9-16(3)13-17)22(25(31)26(29)32)24(30)18-14-19(27)21(34-5)15-20(18)33-4/h8-10,13-15,23,30H,6-7,11-12H2,1-5H3/b24-22+.